The summed E-state index contributed by atoms with van der Waals surface area (Å²) in [6, 6.07) is 17.9. The lowest BCUT2D eigenvalue weighted by Gasteiger charge is -2.22. The molecule has 0 fully saturated rings. The largest absolute Gasteiger partial charge is 0.383 e. The zero-order valence-electron chi connectivity index (χ0n) is 15.1. The molecule has 0 saturated heterocycles. The summed E-state index contributed by atoms with van der Waals surface area (Å²) in [7, 11) is -3.75. The van der Waals surface area contributed by atoms with Crippen LogP contribution in [0.15, 0.2) is 78.0 Å². The normalized spacial score (nSPS) is 14.2. The number of aliphatic hydroxyl groups is 1. The fraction of sp³-hybridized carbons (Fsp3) is 0.150. The smallest absolute Gasteiger partial charge is 0.240 e. The van der Waals surface area contributed by atoms with Crippen molar-refractivity contribution >= 4 is 31.4 Å². The van der Waals surface area contributed by atoms with Gasteiger partial charge in [-0.15, -0.1) is 11.3 Å². The van der Waals surface area contributed by atoms with Crippen molar-refractivity contribution in [2.75, 3.05) is 6.54 Å². The molecule has 2 aromatic heterocycles. The molecule has 6 nitrogen and oxygen atoms in total. The maximum Gasteiger partial charge on any atom is 0.240 e. The first kappa shape index (κ1) is 18.8. The summed E-state index contributed by atoms with van der Waals surface area (Å²) in [4.78, 5) is 0.848. The second-order valence-corrected chi connectivity index (χ2v) is 9.54. The average molecular weight is 414 g/mol. The summed E-state index contributed by atoms with van der Waals surface area (Å²) in [6.45, 7) is 1.49. The van der Waals surface area contributed by atoms with Crippen LogP contribution in [0.4, 0.5) is 0 Å². The Balaban J connectivity index is 1.51. The molecule has 144 valence electrons. The van der Waals surface area contributed by atoms with E-state index in [1.807, 2.05) is 30.3 Å². The zero-order chi connectivity index (χ0) is 19.8. The van der Waals surface area contributed by atoms with Gasteiger partial charge in [-0.25, -0.2) is 17.8 Å². The number of benzene rings is 2. The first-order valence-corrected chi connectivity index (χ1v) is 11.0. The van der Waals surface area contributed by atoms with Crippen LogP contribution < -0.4 is 4.72 Å². The molecule has 2 N–H and O–H groups in total. The third kappa shape index (κ3) is 3.72. The van der Waals surface area contributed by atoms with Gasteiger partial charge in [0.25, 0.3) is 0 Å². The van der Waals surface area contributed by atoms with Gasteiger partial charge < -0.3 is 5.11 Å². The molecular formula is C20H19N3O3S2. The molecular weight excluding hydrogens is 394 g/mol. The third-order valence-electron chi connectivity index (χ3n) is 4.48. The molecule has 0 aliphatic rings. The Hall–Kier alpha value is -2.52. The first-order valence-electron chi connectivity index (χ1n) is 8.66. The van der Waals surface area contributed by atoms with E-state index in [9.17, 15) is 13.5 Å². The van der Waals surface area contributed by atoms with Gasteiger partial charge in [0.2, 0.25) is 10.0 Å². The van der Waals surface area contributed by atoms with E-state index in [4.69, 9.17) is 0 Å². The summed E-state index contributed by atoms with van der Waals surface area (Å²) in [6.07, 6.45) is 3.44. The molecule has 0 unspecified atom stereocenters. The molecule has 0 bridgehead atoms. The van der Waals surface area contributed by atoms with Crippen molar-refractivity contribution in [1.82, 2.24) is 14.5 Å². The highest BCUT2D eigenvalue weighted by Crippen LogP contribution is 2.33. The van der Waals surface area contributed by atoms with Gasteiger partial charge in [0.15, 0.2) is 0 Å². The van der Waals surface area contributed by atoms with Crippen molar-refractivity contribution in [3.63, 3.8) is 0 Å². The predicted molar refractivity (Wildman–Crippen MR) is 110 cm³/mol. The molecule has 2 heterocycles. The van der Waals surface area contributed by atoms with Crippen molar-refractivity contribution in [3.05, 3.63) is 77.9 Å². The lowest BCUT2D eigenvalue weighted by molar-refractivity contribution is 0.0666. The number of rotatable bonds is 6. The second kappa shape index (κ2) is 7.14. The predicted octanol–water partition coefficient (Wildman–Crippen LogP) is 3.27. The highest BCUT2D eigenvalue weighted by molar-refractivity contribution is 7.89. The highest BCUT2D eigenvalue weighted by Gasteiger charge is 2.28. The van der Waals surface area contributed by atoms with E-state index in [1.165, 1.54) is 23.5 Å². The standard InChI is InChI=1S/C20H19N3O3S2/c1-20(24,19-13-15-5-2-3-6-18(15)27-19)14-22-28(25,26)17-9-7-16(8-10-17)23-12-4-11-21-23/h2-13,22,24H,14H2,1H3/t20-/m1/s1. The summed E-state index contributed by atoms with van der Waals surface area (Å²) >= 11 is 1.46. The van der Waals surface area contributed by atoms with Gasteiger partial charge in [-0.1, -0.05) is 18.2 Å². The van der Waals surface area contributed by atoms with Gasteiger partial charge in [0, 0.05) is 28.5 Å². The van der Waals surface area contributed by atoms with E-state index in [0.29, 0.717) is 4.88 Å². The minimum atomic E-state index is -3.75. The first-order chi connectivity index (χ1) is 13.4. The summed E-state index contributed by atoms with van der Waals surface area (Å²) in [5.74, 6) is 0. The molecule has 4 aromatic rings. The van der Waals surface area contributed by atoms with Crippen LogP contribution in [0.1, 0.15) is 11.8 Å². The summed E-state index contributed by atoms with van der Waals surface area (Å²) in [5, 5.41) is 16.0. The molecule has 0 spiro atoms. The van der Waals surface area contributed by atoms with E-state index in [-0.39, 0.29) is 11.4 Å². The maximum absolute atomic E-state index is 12.6. The Kier molecular flexibility index (Phi) is 4.80. The monoisotopic (exact) mass is 413 g/mol. The fourth-order valence-corrected chi connectivity index (χ4v) is 5.09. The molecule has 0 aliphatic carbocycles. The molecule has 0 aliphatic heterocycles. The molecule has 1 atom stereocenters. The van der Waals surface area contributed by atoms with E-state index < -0.39 is 15.6 Å². The van der Waals surface area contributed by atoms with E-state index in [0.717, 1.165) is 15.8 Å². The Morgan fingerprint density at radius 2 is 1.89 bits per heavy atom. The highest BCUT2D eigenvalue weighted by atomic mass is 32.2. The second-order valence-electron chi connectivity index (χ2n) is 6.69. The number of nitrogens with one attached hydrogen (secondary N) is 1. The SMILES string of the molecule is C[C@@](O)(CNS(=O)(=O)c1ccc(-n2cccn2)cc1)c1cc2ccccc2s1. The van der Waals surface area contributed by atoms with Crippen molar-refractivity contribution in [2.45, 2.75) is 17.4 Å². The van der Waals surface area contributed by atoms with Crippen molar-refractivity contribution in [2.24, 2.45) is 0 Å². The molecule has 0 saturated carbocycles. The maximum atomic E-state index is 12.6. The van der Waals surface area contributed by atoms with Crippen LogP contribution in [-0.4, -0.2) is 29.8 Å². The Morgan fingerprint density at radius 3 is 2.57 bits per heavy atom. The Labute approximate surface area is 167 Å². The van der Waals surface area contributed by atoms with Gasteiger partial charge in [-0.2, -0.15) is 5.10 Å². The van der Waals surface area contributed by atoms with E-state index in [2.05, 4.69) is 9.82 Å². The molecule has 0 radical (unpaired) electrons. The lowest BCUT2D eigenvalue weighted by atomic mass is 10.1. The molecule has 28 heavy (non-hydrogen) atoms. The van der Waals surface area contributed by atoms with Crippen LogP contribution in [0.2, 0.25) is 0 Å². The van der Waals surface area contributed by atoms with Crippen molar-refractivity contribution in [1.29, 1.82) is 0 Å². The number of nitrogens with zero attached hydrogens (tertiary/aromatic N) is 2. The van der Waals surface area contributed by atoms with Gasteiger partial charge in [0.1, 0.15) is 5.60 Å². The number of aromatic nitrogens is 2. The third-order valence-corrected chi connectivity index (χ3v) is 7.27. The summed E-state index contributed by atoms with van der Waals surface area (Å²) < 4.78 is 30.5. The van der Waals surface area contributed by atoms with Crippen LogP contribution in [0, 0.1) is 0 Å². The number of thiophene rings is 1. The van der Waals surface area contributed by atoms with Crippen molar-refractivity contribution in [3.8, 4) is 5.69 Å². The number of sulfonamides is 1. The Morgan fingerprint density at radius 1 is 1.14 bits per heavy atom. The topological polar surface area (TPSA) is 84.2 Å². The van der Waals surface area contributed by atoms with Crippen LogP contribution in [0.5, 0.6) is 0 Å². The van der Waals surface area contributed by atoms with Crippen LogP contribution >= 0.6 is 11.3 Å². The van der Waals surface area contributed by atoms with Gasteiger partial charge >= 0.3 is 0 Å². The van der Waals surface area contributed by atoms with Gasteiger partial charge in [0.05, 0.1) is 10.6 Å². The molecule has 0 amide bonds. The number of fused-ring (bicyclic) bond motifs is 1. The number of hydrogen-bond acceptors (Lipinski definition) is 5. The zero-order valence-corrected chi connectivity index (χ0v) is 16.7. The molecule has 4 rings (SSSR count). The lowest BCUT2D eigenvalue weighted by Crippen LogP contribution is -2.38. The van der Waals surface area contributed by atoms with Crippen LogP contribution in [-0.2, 0) is 15.6 Å². The summed E-state index contributed by atoms with van der Waals surface area (Å²) in [5.41, 5.74) is -0.549. The average Bonchev–Trinajstić information content (AvgIpc) is 3.37. The van der Waals surface area contributed by atoms with E-state index >= 15 is 0 Å². The van der Waals surface area contributed by atoms with Gasteiger partial charge in [-0.3, -0.25) is 0 Å². The quantitative estimate of drug-likeness (QED) is 0.508. The fourth-order valence-electron chi connectivity index (χ4n) is 2.85. The van der Waals surface area contributed by atoms with Crippen LogP contribution in [0.25, 0.3) is 15.8 Å². The van der Waals surface area contributed by atoms with Gasteiger partial charge in [-0.05, 0) is 54.8 Å². The minimum absolute atomic E-state index is 0.122. The van der Waals surface area contributed by atoms with Crippen LogP contribution in [0.3, 0.4) is 0 Å². The number of hydrogen-bond donors (Lipinski definition) is 2. The van der Waals surface area contributed by atoms with E-state index in [1.54, 1.807) is 42.2 Å². The minimum Gasteiger partial charge on any atom is -0.383 e. The Bertz CT molecular complexity index is 1160. The van der Waals surface area contributed by atoms with Crippen molar-refractivity contribution < 1.29 is 13.5 Å². The molecule has 2 aromatic carbocycles. The molecule has 8 heteroatoms.